The minimum absolute atomic E-state index is 0.0839. The molecule has 1 N–H and O–H groups in total. The molecule has 0 radical (unpaired) electrons. The number of rotatable bonds is 1. The summed E-state index contributed by atoms with van der Waals surface area (Å²) in [6.07, 6.45) is -2.16. The third-order valence-electron chi connectivity index (χ3n) is 3.77. The van der Waals surface area contributed by atoms with Crippen molar-refractivity contribution < 1.29 is 23.8 Å². The summed E-state index contributed by atoms with van der Waals surface area (Å²) in [5, 5.41) is 9.45. The monoisotopic (exact) mass is 302 g/mol. The first-order valence-corrected chi connectivity index (χ1v) is 7.29. The fourth-order valence-electron chi connectivity index (χ4n) is 2.75. The molecule has 0 aliphatic carbocycles. The van der Waals surface area contributed by atoms with Crippen molar-refractivity contribution in [2.75, 3.05) is 19.6 Å². The Kier molecular flexibility index (Phi) is 4.41. The number of likely N-dealkylation sites (tertiary alicyclic amines) is 2. The Hall–Kier alpha value is -1.37. The molecule has 7 heteroatoms. The van der Waals surface area contributed by atoms with E-state index in [1.807, 2.05) is 0 Å². The molecule has 0 spiro atoms. The highest BCUT2D eigenvalue weighted by molar-refractivity contribution is 5.83. The van der Waals surface area contributed by atoms with Gasteiger partial charge in [-0.15, -0.1) is 0 Å². The number of aliphatic hydroxyl groups is 1. The van der Waals surface area contributed by atoms with E-state index in [4.69, 9.17) is 4.74 Å². The van der Waals surface area contributed by atoms with E-state index >= 15 is 0 Å². The van der Waals surface area contributed by atoms with Crippen LogP contribution in [0.25, 0.3) is 0 Å². The molecule has 0 saturated carbocycles. The first-order chi connectivity index (χ1) is 9.69. The molecule has 0 aromatic heterocycles. The van der Waals surface area contributed by atoms with E-state index in [2.05, 4.69) is 0 Å². The van der Waals surface area contributed by atoms with E-state index in [1.54, 1.807) is 20.8 Å². The highest BCUT2D eigenvalue weighted by Crippen LogP contribution is 2.25. The van der Waals surface area contributed by atoms with Crippen molar-refractivity contribution in [3.05, 3.63) is 0 Å². The summed E-state index contributed by atoms with van der Waals surface area (Å²) >= 11 is 0. The first kappa shape index (κ1) is 16.0. The van der Waals surface area contributed by atoms with Gasteiger partial charge in [0, 0.05) is 13.1 Å². The zero-order valence-electron chi connectivity index (χ0n) is 12.7. The third kappa shape index (κ3) is 3.64. The number of carbonyl (C=O) groups excluding carboxylic acids is 2. The maximum atomic E-state index is 14.3. The molecule has 0 aromatic carbocycles. The minimum atomic E-state index is -1.32. The summed E-state index contributed by atoms with van der Waals surface area (Å²) in [4.78, 5) is 26.4. The van der Waals surface area contributed by atoms with Gasteiger partial charge in [-0.1, -0.05) is 0 Å². The van der Waals surface area contributed by atoms with Crippen molar-refractivity contribution in [3.63, 3.8) is 0 Å². The summed E-state index contributed by atoms with van der Waals surface area (Å²) in [7, 11) is 0. The average molecular weight is 302 g/mol. The third-order valence-corrected chi connectivity index (χ3v) is 3.77. The molecule has 21 heavy (non-hydrogen) atoms. The number of ether oxygens (including phenoxy) is 1. The van der Waals surface area contributed by atoms with E-state index in [1.165, 1.54) is 9.80 Å². The zero-order chi connectivity index (χ0) is 15.8. The van der Waals surface area contributed by atoms with Crippen LogP contribution in [-0.2, 0) is 9.53 Å². The number of piperidine rings is 1. The second-order valence-electron chi connectivity index (χ2n) is 6.63. The zero-order valence-corrected chi connectivity index (χ0v) is 12.7. The van der Waals surface area contributed by atoms with Gasteiger partial charge < -0.3 is 19.6 Å². The Morgan fingerprint density at radius 1 is 1.33 bits per heavy atom. The summed E-state index contributed by atoms with van der Waals surface area (Å²) in [5.41, 5.74) is -0.616. The van der Waals surface area contributed by atoms with Gasteiger partial charge in [0.15, 0.2) is 0 Å². The summed E-state index contributed by atoms with van der Waals surface area (Å²) in [6, 6.07) is -0.562. The molecule has 0 aromatic rings. The lowest BCUT2D eigenvalue weighted by Gasteiger charge is -2.39. The van der Waals surface area contributed by atoms with Crippen molar-refractivity contribution >= 4 is 12.0 Å². The van der Waals surface area contributed by atoms with Crippen LogP contribution in [0.4, 0.5) is 9.18 Å². The Morgan fingerprint density at radius 2 is 2.00 bits per heavy atom. The maximum absolute atomic E-state index is 14.3. The second kappa shape index (κ2) is 5.79. The lowest BCUT2D eigenvalue weighted by molar-refractivity contribution is -0.138. The average Bonchev–Trinajstić information content (AvgIpc) is 2.68. The van der Waals surface area contributed by atoms with Crippen LogP contribution in [0.5, 0.6) is 0 Å². The van der Waals surface area contributed by atoms with Crippen LogP contribution in [-0.4, -0.2) is 70.5 Å². The topological polar surface area (TPSA) is 70.1 Å². The number of alkyl halides is 1. The van der Waals surface area contributed by atoms with Crippen molar-refractivity contribution in [1.82, 2.24) is 9.80 Å². The van der Waals surface area contributed by atoms with Gasteiger partial charge in [0.25, 0.3) is 5.91 Å². The molecule has 2 aliphatic rings. The van der Waals surface area contributed by atoms with E-state index in [0.29, 0.717) is 25.9 Å². The molecule has 120 valence electrons. The van der Waals surface area contributed by atoms with Gasteiger partial charge in [-0.25, -0.2) is 9.18 Å². The Morgan fingerprint density at radius 3 is 2.48 bits per heavy atom. The SMILES string of the molecule is CC(C)(C)OC(=O)N1CC[C@@H](N2CC[C@@H](O)C2=O)[C@H](F)C1. The lowest BCUT2D eigenvalue weighted by atomic mass is 10.0. The van der Waals surface area contributed by atoms with Gasteiger partial charge in [0.2, 0.25) is 0 Å². The molecule has 2 amide bonds. The molecular formula is C14H23FN2O4. The molecule has 0 bridgehead atoms. The Labute approximate surface area is 123 Å². The molecule has 0 unspecified atom stereocenters. The number of hydrogen-bond donors (Lipinski definition) is 1. The van der Waals surface area contributed by atoms with Crippen LogP contribution < -0.4 is 0 Å². The predicted molar refractivity (Wildman–Crippen MR) is 73.4 cm³/mol. The molecule has 2 heterocycles. The molecule has 6 nitrogen and oxygen atoms in total. The maximum Gasteiger partial charge on any atom is 0.410 e. The lowest BCUT2D eigenvalue weighted by Crippen LogP contribution is -2.55. The van der Waals surface area contributed by atoms with Gasteiger partial charge in [-0.3, -0.25) is 4.79 Å². The Balaban J connectivity index is 1.93. The molecule has 2 rings (SSSR count). The number of carbonyl (C=O) groups is 2. The van der Waals surface area contributed by atoms with Crippen LogP contribution in [0.3, 0.4) is 0 Å². The van der Waals surface area contributed by atoms with E-state index in [0.717, 1.165) is 0 Å². The van der Waals surface area contributed by atoms with E-state index in [9.17, 15) is 19.1 Å². The van der Waals surface area contributed by atoms with E-state index < -0.39 is 35.9 Å². The number of hydrogen-bond acceptors (Lipinski definition) is 4. The highest BCUT2D eigenvalue weighted by Gasteiger charge is 2.42. The van der Waals surface area contributed by atoms with Gasteiger partial charge in [-0.05, 0) is 33.6 Å². The fourth-order valence-corrected chi connectivity index (χ4v) is 2.75. The van der Waals surface area contributed by atoms with Crippen molar-refractivity contribution in [2.24, 2.45) is 0 Å². The molecular weight excluding hydrogens is 279 g/mol. The van der Waals surface area contributed by atoms with Gasteiger partial charge in [0.1, 0.15) is 17.9 Å². The summed E-state index contributed by atoms with van der Waals surface area (Å²) in [5.74, 6) is -0.409. The first-order valence-electron chi connectivity index (χ1n) is 7.29. The minimum Gasteiger partial charge on any atom is -0.444 e. The normalized spacial score (nSPS) is 30.7. The number of nitrogens with zero attached hydrogens (tertiary/aromatic N) is 2. The Bertz CT molecular complexity index is 424. The van der Waals surface area contributed by atoms with Crippen LogP contribution in [0.15, 0.2) is 0 Å². The number of amides is 2. The van der Waals surface area contributed by atoms with Crippen LogP contribution in [0.2, 0.25) is 0 Å². The van der Waals surface area contributed by atoms with Crippen molar-refractivity contribution in [3.8, 4) is 0 Å². The molecule has 2 fully saturated rings. The quantitative estimate of drug-likeness (QED) is 0.782. The smallest absolute Gasteiger partial charge is 0.410 e. The molecule has 2 aliphatic heterocycles. The van der Waals surface area contributed by atoms with Gasteiger partial charge in [-0.2, -0.15) is 0 Å². The number of aliphatic hydroxyl groups excluding tert-OH is 1. The van der Waals surface area contributed by atoms with Gasteiger partial charge >= 0.3 is 6.09 Å². The van der Waals surface area contributed by atoms with Gasteiger partial charge in [0.05, 0.1) is 12.6 Å². The number of halogens is 1. The second-order valence-corrected chi connectivity index (χ2v) is 6.63. The van der Waals surface area contributed by atoms with Crippen molar-refractivity contribution in [1.29, 1.82) is 0 Å². The van der Waals surface area contributed by atoms with Crippen molar-refractivity contribution in [2.45, 2.75) is 57.5 Å². The molecule has 2 saturated heterocycles. The van der Waals surface area contributed by atoms with E-state index in [-0.39, 0.29) is 6.54 Å². The fraction of sp³-hybridized carbons (Fsp3) is 0.857. The van der Waals surface area contributed by atoms with Crippen LogP contribution in [0.1, 0.15) is 33.6 Å². The standard InChI is InChI=1S/C14H23FN2O4/c1-14(2,3)21-13(20)16-6-4-10(9(15)8-16)17-7-5-11(18)12(17)19/h9-11,18H,4-8H2,1-3H3/t9-,10-,11-/m1/s1. The summed E-state index contributed by atoms with van der Waals surface area (Å²) < 4.78 is 19.5. The van der Waals surface area contributed by atoms with Crippen LogP contribution in [0, 0.1) is 0 Å². The predicted octanol–water partition coefficient (Wildman–Crippen LogP) is 0.927. The highest BCUT2D eigenvalue weighted by atomic mass is 19.1. The molecule has 3 atom stereocenters. The largest absolute Gasteiger partial charge is 0.444 e. The summed E-state index contributed by atoms with van der Waals surface area (Å²) in [6.45, 7) is 5.91. The van der Waals surface area contributed by atoms with Crippen LogP contribution >= 0.6 is 0 Å².